The monoisotopic (exact) mass is 375 g/mol. The normalized spacial score (nSPS) is 26.8. The van der Waals surface area contributed by atoms with Gasteiger partial charge < -0.3 is 14.7 Å². The summed E-state index contributed by atoms with van der Waals surface area (Å²) in [6.45, 7) is 0.00755. The van der Waals surface area contributed by atoms with Crippen molar-refractivity contribution in [2.75, 3.05) is 11.4 Å². The molecule has 1 aromatic carbocycles. The summed E-state index contributed by atoms with van der Waals surface area (Å²) in [6, 6.07) is 0.557. The fourth-order valence-corrected chi connectivity index (χ4v) is 4.14. The van der Waals surface area contributed by atoms with Crippen LogP contribution < -0.4 is 9.62 Å². The zero-order chi connectivity index (χ0) is 17.8. The van der Waals surface area contributed by atoms with Gasteiger partial charge in [-0.3, -0.25) is 0 Å². The molecule has 0 unspecified atom stereocenters. The second-order valence-electron chi connectivity index (χ2n) is 6.68. The molecule has 1 aliphatic carbocycles. The van der Waals surface area contributed by atoms with E-state index < -0.39 is 30.6 Å². The van der Waals surface area contributed by atoms with Crippen molar-refractivity contribution in [1.29, 1.82) is 0 Å². The second kappa shape index (κ2) is 6.05. The fraction of sp³-hybridized carbons (Fsp3) is 0.562. The minimum atomic E-state index is -4.51. The number of aliphatic hydroxyl groups excluding tert-OH is 1. The van der Waals surface area contributed by atoms with Gasteiger partial charge in [0.05, 0.1) is 16.7 Å². The topological polar surface area (TPSA) is 47.9 Å². The van der Waals surface area contributed by atoms with Gasteiger partial charge in [0.25, 0.3) is 0 Å². The summed E-state index contributed by atoms with van der Waals surface area (Å²) in [7, 11) is 0. The molecule has 1 saturated carbocycles. The molecule has 25 heavy (non-hydrogen) atoms. The Morgan fingerprint density at radius 1 is 1.24 bits per heavy atom. The molecular formula is C16H17F4N3OS. The van der Waals surface area contributed by atoms with E-state index >= 15 is 0 Å². The van der Waals surface area contributed by atoms with Gasteiger partial charge >= 0.3 is 6.18 Å². The number of amidine groups is 1. The van der Waals surface area contributed by atoms with E-state index in [0.717, 1.165) is 29.6 Å². The molecule has 4 rings (SSSR count). The SMILES string of the molecule is O[C@@H]1CCN(c2cc(F)cc3c2N=C(C2CC2)NS3)[C@H](C(F)(F)F)C1. The zero-order valence-corrected chi connectivity index (χ0v) is 14.0. The highest BCUT2D eigenvalue weighted by atomic mass is 32.2. The number of halogens is 4. The number of fused-ring (bicyclic) bond motifs is 1. The fourth-order valence-electron chi connectivity index (χ4n) is 3.30. The van der Waals surface area contributed by atoms with Crippen molar-refractivity contribution in [2.45, 2.75) is 48.9 Å². The summed E-state index contributed by atoms with van der Waals surface area (Å²) in [5.41, 5.74) is 0.536. The van der Waals surface area contributed by atoms with Crippen LogP contribution in [-0.4, -0.2) is 35.8 Å². The third-order valence-corrected chi connectivity index (χ3v) is 5.59. The van der Waals surface area contributed by atoms with Crippen LogP contribution in [0.1, 0.15) is 25.7 Å². The average Bonchev–Trinajstić information content (AvgIpc) is 3.38. The minimum Gasteiger partial charge on any atom is -0.393 e. The Bertz CT molecular complexity index is 720. The average molecular weight is 375 g/mol. The maximum atomic E-state index is 14.0. The van der Waals surface area contributed by atoms with Crippen molar-refractivity contribution in [3.63, 3.8) is 0 Å². The third-order valence-electron chi connectivity index (χ3n) is 4.74. The number of alkyl halides is 3. The zero-order valence-electron chi connectivity index (χ0n) is 13.2. The van der Waals surface area contributed by atoms with Crippen LogP contribution in [0.5, 0.6) is 0 Å². The number of anilines is 1. The van der Waals surface area contributed by atoms with Gasteiger partial charge in [0.15, 0.2) is 0 Å². The number of nitrogens with one attached hydrogen (secondary N) is 1. The Morgan fingerprint density at radius 2 is 2.00 bits per heavy atom. The lowest BCUT2D eigenvalue weighted by Crippen LogP contribution is -2.52. The summed E-state index contributed by atoms with van der Waals surface area (Å²) < 4.78 is 57.6. The Morgan fingerprint density at radius 3 is 2.68 bits per heavy atom. The van der Waals surface area contributed by atoms with Crippen LogP contribution >= 0.6 is 11.9 Å². The van der Waals surface area contributed by atoms with Gasteiger partial charge in [-0.15, -0.1) is 0 Å². The van der Waals surface area contributed by atoms with Crippen molar-refractivity contribution in [3.8, 4) is 0 Å². The summed E-state index contributed by atoms with van der Waals surface area (Å²) >= 11 is 1.19. The van der Waals surface area contributed by atoms with Crippen LogP contribution in [0.15, 0.2) is 22.0 Å². The van der Waals surface area contributed by atoms with Gasteiger partial charge in [-0.25, -0.2) is 9.38 Å². The number of piperidine rings is 1. The Balaban J connectivity index is 1.78. The van der Waals surface area contributed by atoms with Crippen LogP contribution in [0.3, 0.4) is 0 Å². The largest absolute Gasteiger partial charge is 0.408 e. The Kier molecular flexibility index (Phi) is 4.10. The number of aliphatic imine (C=N–C) groups is 1. The van der Waals surface area contributed by atoms with E-state index in [9.17, 15) is 22.7 Å². The summed E-state index contributed by atoms with van der Waals surface area (Å²) in [5, 5.41) is 9.68. The summed E-state index contributed by atoms with van der Waals surface area (Å²) in [4.78, 5) is 6.13. The lowest BCUT2D eigenvalue weighted by molar-refractivity contribution is -0.159. The maximum Gasteiger partial charge on any atom is 0.408 e. The van der Waals surface area contributed by atoms with Crippen molar-refractivity contribution in [1.82, 2.24) is 4.72 Å². The van der Waals surface area contributed by atoms with Crippen molar-refractivity contribution >= 4 is 29.2 Å². The summed E-state index contributed by atoms with van der Waals surface area (Å²) in [5.74, 6) is 0.450. The summed E-state index contributed by atoms with van der Waals surface area (Å²) in [6.07, 6.45) is -3.72. The van der Waals surface area contributed by atoms with E-state index in [-0.39, 0.29) is 18.7 Å². The minimum absolute atomic E-state index is 0.00755. The van der Waals surface area contributed by atoms with E-state index in [1.54, 1.807) is 0 Å². The lowest BCUT2D eigenvalue weighted by Gasteiger charge is -2.41. The van der Waals surface area contributed by atoms with Crippen LogP contribution in [0.2, 0.25) is 0 Å². The molecule has 2 atom stereocenters. The van der Waals surface area contributed by atoms with Gasteiger partial charge in [-0.2, -0.15) is 13.2 Å². The van der Waals surface area contributed by atoms with Crippen LogP contribution in [0.25, 0.3) is 0 Å². The van der Waals surface area contributed by atoms with Crippen LogP contribution in [0, 0.1) is 11.7 Å². The van der Waals surface area contributed by atoms with Gasteiger partial charge in [-0.05, 0) is 43.3 Å². The molecule has 2 fully saturated rings. The van der Waals surface area contributed by atoms with Gasteiger partial charge in [0.2, 0.25) is 0 Å². The molecule has 0 bridgehead atoms. The van der Waals surface area contributed by atoms with Crippen LogP contribution in [0.4, 0.5) is 28.9 Å². The van der Waals surface area contributed by atoms with Crippen LogP contribution in [-0.2, 0) is 0 Å². The van der Waals surface area contributed by atoms with E-state index in [1.165, 1.54) is 18.0 Å². The predicted molar refractivity (Wildman–Crippen MR) is 87.6 cm³/mol. The van der Waals surface area contributed by atoms with E-state index in [0.29, 0.717) is 16.5 Å². The first-order chi connectivity index (χ1) is 11.8. The number of aliphatic hydroxyl groups is 1. The molecule has 1 aromatic rings. The van der Waals surface area contributed by atoms with Gasteiger partial charge in [0, 0.05) is 18.9 Å². The first-order valence-electron chi connectivity index (χ1n) is 8.19. The molecule has 2 N–H and O–H groups in total. The highest BCUT2D eigenvalue weighted by Crippen LogP contribution is 2.46. The maximum absolute atomic E-state index is 14.0. The Labute approximate surface area is 146 Å². The number of nitrogens with zero attached hydrogens (tertiary/aromatic N) is 2. The third kappa shape index (κ3) is 3.31. The Hall–Kier alpha value is -1.48. The quantitative estimate of drug-likeness (QED) is 0.610. The molecule has 1 saturated heterocycles. The number of hydrogen-bond donors (Lipinski definition) is 2. The molecule has 0 radical (unpaired) electrons. The molecular weight excluding hydrogens is 358 g/mol. The van der Waals surface area contributed by atoms with E-state index in [1.807, 2.05) is 0 Å². The number of rotatable bonds is 2. The lowest BCUT2D eigenvalue weighted by atomic mass is 9.97. The van der Waals surface area contributed by atoms with E-state index in [2.05, 4.69) is 9.71 Å². The number of hydrogen-bond acceptors (Lipinski definition) is 5. The molecule has 4 nitrogen and oxygen atoms in total. The number of benzene rings is 1. The standard InChI is InChI=1S/C16H17F4N3OS/c17-9-5-11(23-4-3-10(24)7-13(23)16(18,19)20)14-12(6-9)25-22-15(21-14)8-1-2-8/h5-6,8,10,13,24H,1-4,7H2,(H,21,22)/t10-,13+/m1/s1. The second-order valence-corrected chi connectivity index (χ2v) is 7.52. The van der Waals surface area contributed by atoms with Gasteiger partial charge in [0.1, 0.15) is 23.4 Å². The van der Waals surface area contributed by atoms with Crippen molar-refractivity contribution in [2.24, 2.45) is 10.9 Å². The molecule has 136 valence electrons. The predicted octanol–water partition coefficient (Wildman–Crippen LogP) is 3.77. The highest BCUT2D eigenvalue weighted by molar-refractivity contribution is 7.98. The molecule has 0 aromatic heterocycles. The molecule has 0 amide bonds. The molecule has 2 aliphatic heterocycles. The molecule has 0 spiro atoms. The van der Waals surface area contributed by atoms with E-state index in [4.69, 9.17) is 0 Å². The first kappa shape index (κ1) is 17.0. The molecule has 3 aliphatic rings. The smallest absolute Gasteiger partial charge is 0.393 e. The highest BCUT2D eigenvalue weighted by Gasteiger charge is 2.47. The van der Waals surface area contributed by atoms with Crippen molar-refractivity contribution in [3.05, 3.63) is 17.9 Å². The molecule has 2 heterocycles. The van der Waals surface area contributed by atoms with Crippen molar-refractivity contribution < 1.29 is 22.7 Å². The first-order valence-corrected chi connectivity index (χ1v) is 9.01. The van der Waals surface area contributed by atoms with Gasteiger partial charge in [-0.1, -0.05) is 0 Å². The molecule has 9 heteroatoms.